The van der Waals surface area contributed by atoms with E-state index >= 15 is 0 Å². The number of rotatable bonds is 1. The number of halogens is 2. The van der Waals surface area contributed by atoms with Gasteiger partial charge in [-0.3, -0.25) is 4.79 Å². The van der Waals surface area contributed by atoms with E-state index in [-0.39, 0.29) is 11.6 Å². The third kappa shape index (κ3) is 2.28. The average molecular weight is 293 g/mol. The fraction of sp³-hybridized carbons (Fsp3) is 0.133. The van der Waals surface area contributed by atoms with Crippen molar-refractivity contribution in [3.8, 4) is 11.1 Å². The van der Waals surface area contributed by atoms with Crippen molar-refractivity contribution in [3.05, 3.63) is 52.8 Å². The molecule has 0 aromatic heterocycles. The summed E-state index contributed by atoms with van der Waals surface area (Å²) < 4.78 is 13.9. The van der Waals surface area contributed by atoms with E-state index in [0.717, 1.165) is 10.6 Å². The number of ketones is 1. The molecule has 0 spiro atoms. The first-order valence-electron chi connectivity index (χ1n) is 5.91. The molecule has 0 saturated carbocycles. The molecule has 96 valence electrons. The van der Waals surface area contributed by atoms with Crippen LogP contribution >= 0.6 is 23.4 Å². The van der Waals surface area contributed by atoms with Crippen molar-refractivity contribution >= 4 is 29.1 Å². The van der Waals surface area contributed by atoms with Crippen molar-refractivity contribution in [2.45, 2.75) is 11.3 Å². The minimum Gasteiger partial charge on any atom is -0.294 e. The molecule has 2 aromatic rings. The normalized spacial score (nSPS) is 14.3. The zero-order valence-electron chi connectivity index (χ0n) is 9.95. The summed E-state index contributed by atoms with van der Waals surface area (Å²) >= 11 is 7.71. The van der Waals surface area contributed by atoms with Crippen molar-refractivity contribution in [3.63, 3.8) is 0 Å². The van der Waals surface area contributed by atoms with E-state index in [4.69, 9.17) is 11.6 Å². The van der Waals surface area contributed by atoms with Crippen molar-refractivity contribution in [1.29, 1.82) is 0 Å². The predicted molar refractivity (Wildman–Crippen MR) is 76.5 cm³/mol. The van der Waals surface area contributed by atoms with Crippen LogP contribution in [-0.4, -0.2) is 11.5 Å². The Labute approximate surface area is 119 Å². The smallest absolute Gasteiger partial charge is 0.164 e. The Balaban J connectivity index is 2.17. The number of hydrogen-bond donors (Lipinski definition) is 0. The molecule has 1 aliphatic rings. The Bertz CT molecular complexity index is 649. The minimum atomic E-state index is -0.372. The number of benzene rings is 2. The molecule has 2 aromatic carbocycles. The quantitative estimate of drug-likeness (QED) is 0.749. The maximum atomic E-state index is 13.9. The van der Waals surface area contributed by atoms with Crippen LogP contribution in [0.5, 0.6) is 0 Å². The van der Waals surface area contributed by atoms with Gasteiger partial charge in [0, 0.05) is 28.2 Å². The molecule has 0 bridgehead atoms. The van der Waals surface area contributed by atoms with Gasteiger partial charge in [0.15, 0.2) is 5.78 Å². The maximum absolute atomic E-state index is 13.9. The van der Waals surface area contributed by atoms with Crippen LogP contribution in [0.3, 0.4) is 0 Å². The molecule has 1 nitrogen and oxygen atoms in total. The number of fused-ring (bicyclic) bond motifs is 1. The standard InChI is InChI=1S/C15H10ClFOS/c16-11-2-1-3-12(17)15(11)9-4-5-14-10(8-9)13(18)6-7-19-14/h1-5,8H,6-7H2. The molecule has 0 fully saturated rings. The highest BCUT2D eigenvalue weighted by Crippen LogP contribution is 2.36. The van der Waals surface area contributed by atoms with Gasteiger partial charge in [-0.25, -0.2) is 4.39 Å². The highest BCUT2D eigenvalue weighted by atomic mass is 35.5. The van der Waals surface area contributed by atoms with Crippen molar-refractivity contribution in [1.82, 2.24) is 0 Å². The number of carbonyl (C=O) groups is 1. The van der Waals surface area contributed by atoms with Crippen LogP contribution in [0.15, 0.2) is 41.3 Å². The van der Waals surface area contributed by atoms with Gasteiger partial charge in [0.1, 0.15) is 5.82 Å². The fourth-order valence-corrected chi connectivity index (χ4v) is 3.46. The Hall–Kier alpha value is -1.32. The topological polar surface area (TPSA) is 17.1 Å². The molecule has 0 amide bonds. The summed E-state index contributed by atoms with van der Waals surface area (Å²) in [5, 5.41) is 0.357. The van der Waals surface area contributed by atoms with Gasteiger partial charge in [0.05, 0.1) is 5.02 Å². The molecule has 4 heteroatoms. The Kier molecular flexibility index (Phi) is 3.33. The van der Waals surface area contributed by atoms with E-state index in [0.29, 0.717) is 28.1 Å². The first kappa shape index (κ1) is 12.7. The summed E-state index contributed by atoms with van der Waals surface area (Å²) in [7, 11) is 0. The van der Waals surface area contributed by atoms with Crippen LogP contribution in [0.1, 0.15) is 16.8 Å². The van der Waals surface area contributed by atoms with Gasteiger partial charge in [0.2, 0.25) is 0 Å². The SMILES string of the molecule is O=C1CCSc2ccc(-c3c(F)cccc3Cl)cc21. The first-order chi connectivity index (χ1) is 9.16. The van der Waals surface area contributed by atoms with Gasteiger partial charge in [-0.2, -0.15) is 0 Å². The molecule has 0 N–H and O–H groups in total. The van der Waals surface area contributed by atoms with Crippen LogP contribution in [0.4, 0.5) is 4.39 Å². The Morgan fingerprint density at radius 3 is 2.84 bits per heavy atom. The second-order valence-electron chi connectivity index (χ2n) is 4.33. The van der Waals surface area contributed by atoms with E-state index in [1.165, 1.54) is 6.07 Å². The van der Waals surface area contributed by atoms with E-state index in [9.17, 15) is 9.18 Å². The monoisotopic (exact) mass is 292 g/mol. The summed E-state index contributed by atoms with van der Waals surface area (Å²) in [6.45, 7) is 0. The lowest BCUT2D eigenvalue weighted by Gasteiger charge is -2.15. The van der Waals surface area contributed by atoms with Crippen LogP contribution in [-0.2, 0) is 0 Å². The first-order valence-corrected chi connectivity index (χ1v) is 7.27. The van der Waals surface area contributed by atoms with Gasteiger partial charge < -0.3 is 0 Å². The number of thioether (sulfide) groups is 1. The zero-order chi connectivity index (χ0) is 13.4. The van der Waals surface area contributed by atoms with Gasteiger partial charge >= 0.3 is 0 Å². The molecule has 0 atom stereocenters. The second-order valence-corrected chi connectivity index (χ2v) is 5.87. The van der Waals surface area contributed by atoms with Crippen LogP contribution < -0.4 is 0 Å². The summed E-state index contributed by atoms with van der Waals surface area (Å²) in [5.41, 5.74) is 1.68. The highest BCUT2D eigenvalue weighted by molar-refractivity contribution is 7.99. The van der Waals surface area contributed by atoms with Crippen LogP contribution in [0, 0.1) is 5.82 Å². The molecule has 0 saturated heterocycles. The summed E-state index contributed by atoms with van der Waals surface area (Å²) in [6, 6.07) is 10.0. The molecule has 3 rings (SSSR count). The summed E-state index contributed by atoms with van der Waals surface area (Å²) in [5.74, 6) is 0.553. The van der Waals surface area contributed by atoms with Crippen LogP contribution in [0.25, 0.3) is 11.1 Å². The van der Waals surface area contributed by atoms with Crippen LogP contribution in [0.2, 0.25) is 5.02 Å². The fourth-order valence-electron chi connectivity index (χ4n) is 2.19. The molecule has 0 aliphatic carbocycles. The predicted octanol–water partition coefficient (Wildman–Crippen LogP) is 4.82. The van der Waals surface area contributed by atoms with Crippen molar-refractivity contribution < 1.29 is 9.18 Å². The summed E-state index contributed by atoms with van der Waals surface area (Å²) in [4.78, 5) is 12.9. The number of hydrogen-bond acceptors (Lipinski definition) is 2. The summed E-state index contributed by atoms with van der Waals surface area (Å²) in [6.07, 6.45) is 0.534. The lowest BCUT2D eigenvalue weighted by atomic mass is 9.99. The van der Waals surface area contributed by atoms with Gasteiger partial charge in [0.25, 0.3) is 0 Å². The van der Waals surface area contributed by atoms with Crippen molar-refractivity contribution in [2.24, 2.45) is 0 Å². The zero-order valence-corrected chi connectivity index (χ0v) is 11.5. The largest absolute Gasteiger partial charge is 0.294 e. The average Bonchev–Trinajstić information content (AvgIpc) is 2.39. The molecule has 1 aliphatic heterocycles. The Morgan fingerprint density at radius 2 is 2.05 bits per heavy atom. The minimum absolute atomic E-state index is 0.114. The van der Waals surface area contributed by atoms with Crippen molar-refractivity contribution in [2.75, 3.05) is 5.75 Å². The maximum Gasteiger partial charge on any atom is 0.164 e. The number of carbonyl (C=O) groups excluding carboxylic acids is 1. The van der Waals surface area contributed by atoms with E-state index < -0.39 is 0 Å². The van der Waals surface area contributed by atoms with Gasteiger partial charge in [-0.05, 0) is 29.8 Å². The second kappa shape index (κ2) is 4.99. The van der Waals surface area contributed by atoms with E-state index in [1.807, 2.05) is 12.1 Å². The van der Waals surface area contributed by atoms with E-state index in [1.54, 1.807) is 30.0 Å². The third-order valence-corrected chi connectivity index (χ3v) is 4.51. The molecular weight excluding hydrogens is 283 g/mol. The third-order valence-electron chi connectivity index (χ3n) is 3.12. The van der Waals surface area contributed by atoms with E-state index in [2.05, 4.69) is 0 Å². The molecule has 0 unspecified atom stereocenters. The lowest BCUT2D eigenvalue weighted by molar-refractivity contribution is 0.0985. The highest BCUT2D eigenvalue weighted by Gasteiger charge is 2.19. The van der Waals surface area contributed by atoms with Gasteiger partial charge in [-0.1, -0.05) is 23.7 Å². The molecule has 1 heterocycles. The Morgan fingerprint density at radius 1 is 1.21 bits per heavy atom. The molecule has 19 heavy (non-hydrogen) atoms. The lowest BCUT2D eigenvalue weighted by Crippen LogP contribution is -2.08. The molecular formula is C15H10ClFOS. The van der Waals surface area contributed by atoms with Gasteiger partial charge in [-0.15, -0.1) is 11.8 Å². The number of Topliss-reactive ketones (excluding diaryl/α,β-unsaturated/α-hetero) is 1. The molecule has 0 radical (unpaired) electrons.